The van der Waals surface area contributed by atoms with Crippen molar-refractivity contribution < 1.29 is 14.4 Å². The fraction of sp³-hybridized carbons (Fsp3) is 0.227. The highest BCUT2D eigenvalue weighted by atomic mass is 16.6. The van der Waals surface area contributed by atoms with Crippen molar-refractivity contribution in [1.82, 2.24) is 15.3 Å². The van der Waals surface area contributed by atoms with Crippen LogP contribution >= 0.6 is 0 Å². The maximum Gasteiger partial charge on any atom is 0.276 e. The first-order chi connectivity index (χ1) is 14.1. The average molecular weight is 390 g/mol. The maximum atomic E-state index is 12.3. The molecule has 1 heterocycles. The molecule has 2 N–H and O–H groups in total. The Kier molecular flexibility index (Phi) is 5.39. The Morgan fingerprint density at radius 1 is 1.24 bits per heavy atom. The number of aromatic nitrogens is 2. The molecule has 1 aromatic heterocycles. The summed E-state index contributed by atoms with van der Waals surface area (Å²) in [5.74, 6) is 0.00319. The Bertz CT molecular complexity index is 1080. The number of hydroxylamine groups is 1. The molecule has 0 aliphatic heterocycles. The minimum atomic E-state index is -0.430. The summed E-state index contributed by atoms with van der Waals surface area (Å²) in [5, 5.41) is 8.26. The fourth-order valence-corrected chi connectivity index (χ4v) is 3.18. The monoisotopic (exact) mass is 390 g/mol. The molecule has 4 rings (SSSR count). The summed E-state index contributed by atoms with van der Waals surface area (Å²) < 4.78 is 2.05. The highest BCUT2D eigenvalue weighted by Crippen LogP contribution is 2.31. The highest BCUT2D eigenvalue weighted by molar-refractivity contribution is 6.07. The number of para-hydroxylation sites is 1. The van der Waals surface area contributed by atoms with Crippen LogP contribution in [0, 0.1) is 5.92 Å². The van der Waals surface area contributed by atoms with Crippen LogP contribution in [0.5, 0.6) is 0 Å². The molecule has 29 heavy (non-hydrogen) atoms. The van der Waals surface area contributed by atoms with E-state index in [0.29, 0.717) is 11.3 Å². The van der Waals surface area contributed by atoms with Gasteiger partial charge in [0.15, 0.2) is 0 Å². The zero-order valence-electron chi connectivity index (χ0n) is 16.1. The predicted octanol–water partition coefficient (Wildman–Crippen LogP) is 3.39. The lowest BCUT2D eigenvalue weighted by Gasteiger charge is -2.09. The molecule has 2 aromatic carbocycles. The third-order valence-corrected chi connectivity index (χ3v) is 4.85. The van der Waals surface area contributed by atoms with Crippen molar-refractivity contribution in [2.45, 2.75) is 19.4 Å². The van der Waals surface area contributed by atoms with E-state index in [2.05, 4.69) is 25.4 Å². The van der Waals surface area contributed by atoms with Gasteiger partial charge in [0.05, 0.1) is 30.1 Å². The smallest absolute Gasteiger partial charge is 0.276 e. The zero-order valence-corrected chi connectivity index (χ0v) is 16.1. The third-order valence-electron chi connectivity index (χ3n) is 4.85. The summed E-state index contributed by atoms with van der Waals surface area (Å²) in [7, 11) is 1.36. The summed E-state index contributed by atoms with van der Waals surface area (Å²) in [6, 6.07) is 12.8. The van der Waals surface area contributed by atoms with Gasteiger partial charge < -0.3 is 5.32 Å². The van der Waals surface area contributed by atoms with Gasteiger partial charge in [-0.2, -0.15) is 5.10 Å². The number of hydrogen-bond donors (Lipinski definition) is 2. The van der Waals surface area contributed by atoms with Crippen LogP contribution in [-0.2, 0) is 16.2 Å². The minimum Gasteiger partial charge on any atom is -0.322 e. The van der Waals surface area contributed by atoms with Crippen molar-refractivity contribution >= 4 is 34.5 Å². The second-order valence-corrected chi connectivity index (χ2v) is 7.09. The van der Waals surface area contributed by atoms with Crippen LogP contribution in [0.1, 0.15) is 28.8 Å². The molecule has 7 heteroatoms. The second-order valence-electron chi connectivity index (χ2n) is 7.09. The van der Waals surface area contributed by atoms with Gasteiger partial charge in [0, 0.05) is 18.0 Å². The molecule has 1 aliphatic rings. The van der Waals surface area contributed by atoms with Crippen molar-refractivity contribution in [3.8, 4) is 0 Å². The molecule has 1 aliphatic carbocycles. The highest BCUT2D eigenvalue weighted by Gasteiger charge is 2.22. The zero-order chi connectivity index (χ0) is 20.2. The van der Waals surface area contributed by atoms with E-state index in [4.69, 9.17) is 0 Å². The van der Waals surface area contributed by atoms with Gasteiger partial charge in [-0.15, -0.1) is 0 Å². The molecule has 0 radical (unpaired) electrons. The van der Waals surface area contributed by atoms with Crippen molar-refractivity contribution in [2.24, 2.45) is 5.92 Å². The Morgan fingerprint density at radius 2 is 2.07 bits per heavy atom. The second kappa shape index (κ2) is 8.28. The summed E-state index contributed by atoms with van der Waals surface area (Å²) in [6.45, 7) is 0.969. The van der Waals surface area contributed by atoms with Crippen LogP contribution < -0.4 is 10.8 Å². The van der Waals surface area contributed by atoms with Gasteiger partial charge in [0.1, 0.15) is 0 Å². The number of nitrogens with zero attached hydrogens (tertiary/aromatic N) is 2. The lowest BCUT2D eigenvalue weighted by atomic mass is 10.1. The predicted molar refractivity (Wildman–Crippen MR) is 111 cm³/mol. The first-order valence-electron chi connectivity index (χ1n) is 9.51. The van der Waals surface area contributed by atoms with E-state index in [1.165, 1.54) is 26.0 Å². The molecule has 0 saturated heterocycles. The third kappa shape index (κ3) is 4.52. The average Bonchev–Trinajstić information content (AvgIpc) is 3.46. The Labute approximate surface area is 168 Å². The molecule has 3 aromatic rings. The lowest BCUT2D eigenvalue weighted by molar-refractivity contribution is -0.111. The SMILES string of the molecule is CONC(=O)c1ccccc1NC(=O)/C=C/c1ccc2c(cnn2CC2CC2)c1. The molecule has 0 atom stereocenters. The van der Waals surface area contributed by atoms with Crippen LogP contribution in [0.15, 0.2) is 54.7 Å². The number of carbonyl (C=O) groups excluding carboxylic acids is 2. The quantitative estimate of drug-likeness (QED) is 0.478. The van der Waals surface area contributed by atoms with E-state index >= 15 is 0 Å². The molecule has 1 saturated carbocycles. The summed E-state index contributed by atoms with van der Waals surface area (Å²) in [5.41, 5.74) is 5.00. The number of fused-ring (bicyclic) bond motifs is 1. The Hall–Kier alpha value is -3.45. The number of nitrogens with one attached hydrogen (secondary N) is 2. The van der Waals surface area contributed by atoms with E-state index in [1.54, 1.807) is 30.3 Å². The summed E-state index contributed by atoms with van der Waals surface area (Å²) in [6.07, 6.45) is 7.62. The maximum absolute atomic E-state index is 12.3. The van der Waals surface area contributed by atoms with E-state index < -0.39 is 5.91 Å². The van der Waals surface area contributed by atoms with Crippen LogP contribution in [-0.4, -0.2) is 28.7 Å². The van der Waals surface area contributed by atoms with Crippen LogP contribution in [0.25, 0.3) is 17.0 Å². The summed E-state index contributed by atoms with van der Waals surface area (Å²) >= 11 is 0. The van der Waals surface area contributed by atoms with Crippen LogP contribution in [0.2, 0.25) is 0 Å². The first-order valence-corrected chi connectivity index (χ1v) is 9.51. The number of rotatable bonds is 7. The van der Waals surface area contributed by atoms with Gasteiger partial charge >= 0.3 is 0 Å². The van der Waals surface area contributed by atoms with Gasteiger partial charge in [-0.25, -0.2) is 5.48 Å². The standard InChI is InChI=1S/C22H22N4O3/c1-29-25-22(28)18-4-2-3-5-19(18)24-21(27)11-9-15-8-10-20-17(12-15)13-23-26(20)14-16-6-7-16/h2-5,8-13,16H,6-7,14H2,1H3,(H,24,27)(H,25,28)/b11-9+. The van der Waals surface area contributed by atoms with Gasteiger partial charge in [0.25, 0.3) is 5.91 Å². The van der Waals surface area contributed by atoms with E-state index in [9.17, 15) is 9.59 Å². The molecule has 0 spiro atoms. The van der Waals surface area contributed by atoms with Crippen LogP contribution in [0.4, 0.5) is 5.69 Å². The minimum absolute atomic E-state index is 0.320. The number of hydrogen-bond acceptors (Lipinski definition) is 4. The Balaban J connectivity index is 1.45. The number of carbonyl (C=O) groups is 2. The number of amides is 2. The molecule has 0 unspecified atom stereocenters. The summed E-state index contributed by atoms with van der Waals surface area (Å²) in [4.78, 5) is 29.0. The largest absolute Gasteiger partial charge is 0.322 e. The molecule has 7 nitrogen and oxygen atoms in total. The number of anilines is 1. The van der Waals surface area contributed by atoms with Crippen molar-refractivity contribution in [1.29, 1.82) is 0 Å². The number of benzene rings is 2. The van der Waals surface area contributed by atoms with E-state index in [1.807, 2.05) is 24.4 Å². The molecule has 2 amide bonds. The van der Waals surface area contributed by atoms with Gasteiger partial charge in [-0.05, 0) is 54.7 Å². The normalized spacial score (nSPS) is 13.7. The van der Waals surface area contributed by atoms with Gasteiger partial charge in [-0.3, -0.25) is 19.1 Å². The fourth-order valence-electron chi connectivity index (χ4n) is 3.18. The van der Waals surface area contributed by atoms with Gasteiger partial charge in [0.2, 0.25) is 5.91 Å². The van der Waals surface area contributed by atoms with Crippen molar-refractivity contribution in [2.75, 3.05) is 12.4 Å². The first kappa shape index (κ1) is 18.9. The molecule has 148 valence electrons. The lowest BCUT2D eigenvalue weighted by Crippen LogP contribution is -2.23. The van der Waals surface area contributed by atoms with E-state index in [-0.39, 0.29) is 5.91 Å². The topological polar surface area (TPSA) is 85.2 Å². The van der Waals surface area contributed by atoms with E-state index in [0.717, 1.165) is 28.9 Å². The van der Waals surface area contributed by atoms with Gasteiger partial charge in [-0.1, -0.05) is 18.2 Å². The molecular formula is C22H22N4O3. The molecule has 1 fully saturated rings. The molecular weight excluding hydrogens is 368 g/mol. The Morgan fingerprint density at radius 3 is 2.86 bits per heavy atom. The van der Waals surface area contributed by atoms with Crippen molar-refractivity contribution in [3.63, 3.8) is 0 Å². The van der Waals surface area contributed by atoms with Crippen molar-refractivity contribution in [3.05, 3.63) is 65.9 Å². The molecule has 0 bridgehead atoms. The van der Waals surface area contributed by atoms with Crippen LogP contribution in [0.3, 0.4) is 0 Å².